The van der Waals surface area contributed by atoms with Crippen molar-refractivity contribution in [2.75, 3.05) is 5.32 Å². The van der Waals surface area contributed by atoms with E-state index in [4.69, 9.17) is 0 Å². The van der Waals surface area contributed by atoms with Crippen LogP contribution in [0.3, 0.4) is 0 Å². The Morgan fingerprint density at radius 3 is 2.65 bits per heavy atom. The second-order valence-electron chi connectivity index (χ2n) is 6.65. The Hall–Kier alpha value is -0.990. The number of rotatable bonds is 4. The molecular weight excluding hydrogens is 246 g/mol. The minimum Gasteiger partial charge on any atom is -0.353 e. The largest absolute Gasteiger partial charge is 0.353 e. The van der Waals surface area contributed by atoms with Crippen LogP contribution < -0.4 is 5.32 Å². The van der Waals surface area contributed by atoms with Gasteiger partial charge in [0.15, 0.2) is 0 Å². The second kappa shape index (κ2) is 6.64. The number of anilines is 1. The smallest absolute Gasteiger partial charge is 0.203 e. The van der Waals surface area contributed by atoms with E-state index in [1.54, 1.807) is 0 Å². The Kier molecular flexibility index (Phi) is 4.64. The Morgan fingerprint density at radius 1 is 1.10 bits per heavy atom. The van der Waals surface area contributed by atoms with Gasteiger partial charge in [0, 0.05) is 24.5 Å². The van der Waals surface area contributed by atoms with E-state index < -0.39 is 0 Å². The zero-order valence-corrected chi connectivity index (χ0v) is 12.9. The minimum absolute atomic E-state index is 0.637. The standard InChI is InChI=1S/C17H29N3/c1-2-14-8-6-7-11-16(14)19-17-18-12-13-20(17)15-9-4-3-5-10-15/h12-16H,2-11H2,1H3,(H,18,19). The summed E-state index contributed by atoms with van der Waals surface area (Å²) in [6, 6.07) is 1.32. The van der Waals surface area contributed by atoms with Crippen LogP contribution in [0.4, 0.5) is 5.95 Å². The van der Waals surface area contributed by atoms with E-state index in [0.717, 1.165) is 11.9 Å². The van der Waals surface area contributed by atoms with Gasteiger partial charge in [-0.3, -0.25) is 0 Å². The summed E-state index contributed by atoms with van der Waals surface area (Å²) in [4.78, 5) is 4.61. The van der Waals surface area contributed by atoms with Crippen LogP contribution in [0.25, 0.3) is 0 Å². The van der Waals surface area contributed by atoms with E-state index >= 15 is 0 Å². The van der Waals surface area contributed by atoms with Gasteiger partial charge in [-0.05, 0) is 31.6 Å². The van der Waals surface area contributed by atoms with Gasteiger partial charge in [-0.25, -0.2) is 4.98 Å². The molecule has 3 nitrogen and oxygen atoms in total. The third-order valence-corrected chi connectivity index (χ3v) is 5.38. The van der Waals surface area contributed by atoms with Crippen LogP contribution in [0, 0.1) is 5.92 Å². The van der Waals surface area contributed by atoms with E-state index in [-0.39, 0.29) is 0 Å². The molecule has 0 spiro atoms. The Morgan fingerprint density at radius 2 is 1.85 bits per heavy atom. The Labute approximate surface area is 123 Å². The van der Waals surface area contributed by atoms with Crippen LogP contribution in [0.2, 0.25) is 0 Å². The maximum absolute atomic E-state index is 4.61. The predicted molar refractivity (Wildman–Crippen MR) is 84.0 cm³/mol. The fourth-order valence-corrected chi connectivity index (χ4v) is 4.13. The quantitative estimate of drug-likeness (QED) is 0.858. The van der Waals surface area contributed by atoms with E-state index in [0.29, 0.717) is 12.1 Å². The van der Waals surface area contributed by atoms with E-state index in [1.807, 2.05) is 6.20 Å². The van der Waals surface area contributed by atoms with E-state index in [9.17, 15) is 0 Å². The summed E-state index contributed by atoms with van der Waals surface area (Å²) in [5, 5.41) is 3.78. The normalized spacial score (nSPS) is 28.4. The first kappa shape index (κ1) is 14.0. The molecule has 0 bridgehead atoms. The van der Waals surface area contributed by atoms with Crippen molar-refractivity contribution in [2.45, 2.75) is 83.2 Å². The average molecular weight is 275 g/mol. The van der Waals surface area contributed by atoms with Crippen molar-refractivity contribution in [1.29, 1.82) is 0 Å². The molecule has 112 valence electrons. The molecule has 1 heterocycles. The molecule has 0 aliphatic heterocycles. The van der Waals surface area contributed by atoms with Crippen LogP contribution in [-0.4, -0.2) is 15.6 Å². The molecule has 3 heteroatoms. The second-order valence-corrected chi connectivity index (χ2v) is 6.65. The number of nitrogens with zero attached hydrogens (tertiary/aromatic N) is 2. The van der Waals surface area contributed by atoms with E-state index in [1.165, 1.54) is 64.2 Å². The van der Waals surface area contributed by atoms with Gasteiger partial charge in [0.25, 0.3) is 0 Å². The molecule has 0 amide bonds. The molecule has 1 aromatic rings. The number of imidazole rings is 1. The molecule has 0 saturated heterocycles. The summed E-state index contributed by atoms with van der Waals surface area (Å²) < 4.78 is 2.42. The SMILES string of the molecule is CCC1CCCCC1Nc1nccn1C1CCCCC1. The molecular formula is C17H29N3. The molecule has 0 aromatic carbocycles. The zero-order chi connectivity index (χ0) is 13.8. The lowest BCUT2D eigenvalue weighted by atomic mass is 9.83. The van der Waals surface area contributed by atoms with Crippen molar-refractivity contribution >= 4 is 5.95 Å². The van der Waals surface area contributed by atoms with Gasteiger partial charge in [0.2, 0.25) is 5.95 Å². The van der Waals surface area contributed by atoms with Crippen LogP contribution >= 0.6 is 0 Å². The van der Waals surface area contributed by atoms with Gasteiger partial charge >= 0.3 is 0 Å². The maximum atomic E-state index is 4.61. The van der Waals surface area contributed by atoms with Gasteiger partial charge < -0.3 is 9.88 Å². The molecule has 20 heavy (non-hydrogen) atoms. The predicted octanol–water partition coefficient (Wildman–Crippen LogP) is 4.77. The highest BCUT2D eigenvalue weighted by molar-refractivity contribution is 5.29. The summed E-state index contributed by atoms with van der Waals surface area (Å²) in [5.41, 5.74) is 0. The Balaban J connectivity index is 1.69. The first-order chi connectivity index (χ1) is 9.88. The summed E-state index contributed by atoms with van der Waals surface area (Å²) in [7, 11) is 0. The third-order valence-electron chi connectivity index (χ3n) is 5.38. The number of hydrogen-bond donors (Lipinski definition) is 1. The van der Waals surface area contributed by atoms with Crippen molar-refractivity contribution < 1.29 is 0 Å². The highest BCUT2D eigenvalue weighted by Crippen LogP contribution is 2.33. The zero-order valence-electron chi connectivity index (χ0n) is 12.9. The lowest BCUT2D eigenvalue weighted by molar-refractivity contribution is 0.311. The van der Waals surface area contributed by atoms with Crippen molar-refractivity contribution in [1.82, 2.24) is 9.55 Å². The first-order valence-electron chi connectivity index (χ1n) is 8.68. The fraction of sp³-hybridized carbons (Fsp3) is 0.824. The summed E-state index contributed by atoms with van der Waals surface area (Å²) in [5.74, 6) is 1.96. The summed E-state index contributed by atoms with van der Waals surface area (Å²) >= 11 is 0. The molecule has 1 N–H and O–H groups in total. The number of aromatic nitrogens is 2. The third kappa shape index (κ3) is 3.02. The molecule has 2 atom stereocenters. The highest BCUT2D eigenvalue weighted by atomic mass is 15.2. The molecule has 0 radical (unpaired) electrons. The van der Waals surface area contributed by atoms with Crippen LogP contribution in [0.15, 0.2) is 12.4 Å². The van der Waals surface area contributed by atoms with Crippen LogP contribution in [-0.2, 0) is 0 Å². The van der Waals surface area contributed by atoms with Crippen molar-refractivity contribution in [3.05, 3.63) is 12.4 Å². The molecule has 2 fully saturated rings. The molecule has 1 aromatic heterocycles. The van der Waals surface area contributed by atoms with Crippen molar-refractivity contribution in [3.63, 3.8) is 0 Å². The number of hydrogen-bond acceptors (Lipinski definition) is 2. The first-order valence-corrected chi connectivity index (χ1v) is 8.68. The molecule has 2 unspecified atom stereocenters. The van der Waals surface area contributed by atoms with Gasteiger partial charge in [-0.15, -0.1) is 0 Å². The van der Waals surface area contributed by atoms with Gasteiger partial charge in [-0.1, -0.05) is 45.4 Å². The van der Waals surface area contributed by atoms with Crippen LogP contribution in [0.5, 0.6) is 0 Å². The van der Waals surface area contributed by atoms with Crippen LogP contribution in [0.1, 0.15) is 77.2 Å². The van der Waals surface area contributed by atoms with Gasteiger partial charge in [-0.2, -0.15) is 0 Å². The van der Waals surface area contributed by atoms with Crippen molar-refractivity contribution in [2.24, 2.45) is 5.92 Å². The lowest BCUT2D eigenvalue weighted by Crippen LogP contribution is -2.33. The summed E-state index contributed by atoms with van der Waals surface area (Å²) in [6.07, 6.45) is 17.8. The maximum Gasteiger partial charge on any atom is 0.203 e. The minimum atomic E-state index is 0.637. The van der Waals surface area contributed by atoms with Gasteiger partial charge in [0.1, 0.15) is 0 Å². The summed E-state index contributed by atoms with van der Waals surface area (Å²) in [6.45, 7) is 2.33. The molecule has 2 saturated carbocycles. The number of nitrogens with one attached hydrogen (secondary N) is 1. The van der Waals surface area contributed by atoms with E-state index in [2.05, 4.69) is 28.0 Å². The average Bonchev–Trinajstić information content (AvgIpc) is 2.97. The highest BCUT2D eigenvalue weighted by Gasteiger charge is 2.25. The molecule has 2 aliphatic rings. The monoisotopic (exact) mass is 275 g/mol. The van der Waals surface area contributed by atoms with Crippen molar-refractivity contribution in [3.8, 4) is 0 Å². The fourth-order valence-electron chi connectivity index (χ4n) is 4.13. The molecule has 3 rings (SSSR count). The lowest BCUT2D eigenvalue weighted by Gasteiger charge is -2.33. The molecule has 2 aliphatic carbocycles. The van der Waals surface area contributed by atoms with Gasteiger partial charge in [0.05, 0.1) is 0 Å². The topological polar surface area (TPSA) is 29.9 Å². The Bertz CT molecular complexity index is 406.